The maximum atomic E-state index is 5.59. The standard InChI is InChI=1S/C15H16BrN3O2/c1-10-18-14(16)9-15(19-10)17-5-4-11-2-3-12-13(8-11)21-7-6-20-12/h2-3,8-9H,4-7H2,1H3,(H,17,18,19). The van der Waals surface area contributed by atoms with Gasteiger partial charge in [-0.05, 0) is 47.0 Å². The van der Waals surface area contributed by atoms with Gasteiger partial charge in [0.2, 0.25) is 0 Å². The average molecular weight is 350 g/mol. The molecule has 1 aliphatic rings. The van der Waals surface area contributed by atoms with E-state index in [-0.39, 0.29) is 0 Å². The predicted octanol–water partition coefficient (Wildman–Crippen LogP) is 2.97. The number of benzene rings is 1. The van der Waals surface area contributed by atoms with E-state index in [0.717, 1.165) is 40.7 Å². The van der Waals surface area contributed by atoms with Crippen LogP contribution in [0.15, 0.2) is 28.9 Å². The number of aryl methyl sites for hydroxylation is 1. The van der Waals surface area contributed by atoms with E-state index in [1.54, 1.807) is 0 Å². The van der Waals surface area contributed by atoms with Crippen molar-refractivity contribution in [2.45, 2.75) is 13.3 Å². The highest BCUT2D eigenvalue weighted by molar-refractivity contribution is 9.10. The van der Waals surface area contributed by atoms with Gasteiger partial charge in [0, 0.05) is 12.6 Å². The van der Waals surface area contributed by atoms with Crippen molar-refractivity contribution in [3.05, 3.63) is 40.3 Å². The van der Waals surface area contributed by atoms with Gasteiger partial charge < -0.3 is 14.8 Å². The van der Waals surface area contributed by atoms with E-state index in [9.17, 15) is 0 Å². The van der Waals surface area contributed by atoms with Crippen LogP contribution in [-0.4, -0.2) is 29.7 Å². The predicted molar refractivity (Wildman–Crippen MR) is 84.1 cm³/mol. The van der Waals surface area contributed by atoms with Crippen LogP contribution < -0.4 is 14.8 Å². The highest BCUT2D eigenvalue weighted by Gasteiger charge is 2.11. The summed E-state index contributed by atoms with van der Waals surface area (Å²) < 4.78 is 11.9. The van der Waals surface area contributed by atoms with E-state index in [4.69, 9.17) is 9.47 Å². The number of nitrogens with one attached hydrogen (secondary N) is 1. The molecule has 1 N–H and O–H groups in total. The molecule has 0 unspecified atom stereocenters. The SMILES string of the molecule is Cc1nc(Br)cc(NCCc2ccc3c(c2)OCCO3)n1. The molecule has 0 radical (unpaired) electrons. The lowest BCUT2D eigenvalue weighted by molar-refractivity contribution is 0.171. The third-order valence-corrected chi connectivity index (χ3v) is 3.54. The van der Waals surface area contributed by atoms with Gasteiger partial charge in [0.15, 0.2) is 11.5 Å². The van der Waals surface area contributed by atoms with Gasteiger partial charge in [0.25, 0.3) is 0 Å². The Hall–Kier alpha value is -1.82. The van der Waals surface area contributed by atoms with Gasteiger partial charge in [-0.3, -0.25) is 0 Å². The van der Waals surface area contributed by atoms with Crippen LogP contribution in [-0.2, 0) is 6.42 Å². The van der Waals surface area contributed by atoms with E-state index < -0.39 is 0 Å². The fraction of sp³-hybridized carbons (Fsp3) is 0.333. The van der Waals surface area contributed by atoms with E-state index in [0.29, 0.717) is 13.2 Å². The zero-order valence-corrected chi connectivity index (χ0v) is 13.3. The van der Waals surface area contributed by atoms with Crippen molar-refractivity contribution in [1.82, 2.24) is 9.97 Å². The molecule has 110 valence electrons. The van der Waals surface area contributed by atoms with Crippen LogP contribution >= 0.6 is 15.9 Å². The Morgan fingerprint density at radius 2 is 1.95 bits per heavy atom. The number of fused-ring (bicyclic) bond motifs is 1. The quantitative estimate of drug-likeness (QED) is 0.860. The molecule has 0 aliphatic carbocycles. The molecular formula is C15H16BrN3O2. The minimum atomic E-state index is 0.614. The number of anilines is 1. The van der Waals surface area contributed by atoms with Crippen LogP contribution in [0.4, 0.5) is 5.82 Å². The molecule has 1 aromatic carbocycles. The second kappa shape index (κ2) is 6.30. The molecule has 0 saturated carbocycles. The van der Waals surface area contributed by atoms with Crippen molar-refractivity contribution in [1.29, 1.82) is 0 Å². The van der Waals surface area contributed by atoms with Crippen molar-refractivity contribution >= 4 is 21.7 Å². The summed E-state index contributed by atoms with van der Waals surface area (Å²) in [5.41, 5.74) is 1.21. The molecule has 3 rings (SSSR count). The second-order valence-corrected chi connectivity index (χ2v) is 5.59. The zero-order chi connectivity index (χ0) is 14.7. The van der Waals surface area contributed by atoms with Crippen molar-refractivity contribution in [3.63, 3.8) is 0 Å². The molecule has 21 heavy (non-hydrogen) atoms. The number of ether oxygens (including phenoxy) is 2. The monoisotopic (exact) mass is 349 g/mol. The number of rotatable bonds is 4. The van der Waals surface area contributed by atoms with Crippen molar-refractivity contribution in [2.24, 2.45) is 0 Å². The minimum Gasteiger partial charge on any atom is -0.486 e. The lowest BCUT2D eigenvalue weighted by atomic mass is 10.1. The third-order valence-electron chi connectivity index (χ3n) is 3.13. The smallest absolute Gasteiger partial charge is 0.161 e. The maximum absolute atomic E-state index is 5.59. The van der Waals surface area contributed by atoms with Crippen LogP contribution in [0.25, 0.3) is 0 Å². The summed E-state index contributed by atoms with van der Waals surface area (Å²) in [4.78, 5) is 8.52. The van der Waals surface area contributed by atoms with Gasteiger partial charge >= 0.3 is 0 Å². The van der Waals surface area contributed by atoms with Crippen LogP contribution in [0.3, 0.4) is 0 Å². The summed E-state index contributed by atoms with van der Waals surface area (Å²) in [6.45, 7) is 3.90. The number of halogens is 1. The maximum Gasteiger partial charge on any atom is 0.161 e. The van der Waals surface area contributed by atoms with Gasteiger partial charge in [0.05, 0.1) is 0 Å². The molecule has 0 atom stereocenters. The molecule has 0 spiro atoms. The molecule has 1 aliphatic heterocycles. The minimum absolute atomic E-state index is 0.614. The molecular weight excluding hydrogens is 334 g/mol. The molecule has 0 saturated heterocycles. The molecule has 1 aromatic heterocycles. The molecule has 2 aromatic rings. The van der Waals surface area contributed by atoms with Crippen LogP contribution in [0, 0.1) is 6.92 Å². The summed E-state index contributed by atoms with van der Waals surface area (Å²) in [5, 5.41) is 3.30. The Morgan fingerprint density at radius 3 is 2.76 bits per heavy atom. The van der Waals surface area contributed by atoms with E-state index in [2.05, 4.69) is 37.3 Å². The average Bonchev–Trinajstić information content (AvgIpc) is 2.46. The Kier molecular flexibility index (Phi) is 4.24. The Balaban J connectivity index is 1.60. The van der Waals surface area contributed by atoms with E-state index in [1.165, 1.54) is 5.56 Å². The summed E-state index contributed by atoms with van der Waals surface area (Å²) >= 11 is 3.37. The molecule has 0 fully saturated rings. The summed E-state index contributed by atoms with van der Waals surface area (Å²) in [6.07, 6.45) is 0.886. The van der Waals surface area contributed by atoms with Crippen molar-refractivity contribution in [2.75, 3.05) is 25.1 Å². The van der Waals surface area contributed by atoms with Crippen LogP contribution in [0.5, 0.6) is 11.5 Å². The van der Waals surface area contributed by atoms with E-state index in [1.807, 2.05) is 25.1 Å². The Labute approximate surface area is 131 Å². The normalized spacial score (nSPS) is 13.0. The Bertz CT molecular complexity index is 629. The van der Waals surface area contributed by atoms with Gasteiger partial charge in [-0.15, -0.1) is 0 Å². The molecule has 6 heteroatoms. The first kappa shape index (κ1) is 14.1. The third kappa shape index (κ3) is 3.64. The van der Waals surface area contributed by atoms with Gasteiger partial charge in [-0.1, -0.05) is 6.07 Å². The topological polar surface area (TPSA) is 56.3 Å². The lowest BCUT2D eigenvalue weighted by Crippen LogP contribution is -2.15. The molecule has 0 bridgehead atoms. The zero-order valence-electron chi connectivity index (χ0n) is 11.7. The van der Waals surface area contributed by atoms with Gasteiger partial charge in [0.1, 0.15) is 29.5 Å². The number of hydrogen-bond acceptors (Lipinski definition) is 5. The first-order valence-electron chi connectivity index (χ1n) is 6.84. The van der Waals surface area contributed by atoms with Gasteiger partial charge in [-0.25, -0.2) is 9.97 Å². The molecule has 0 amide bonds. The van der Waals surface area contributed by atoms with Crippen molar-refractivity contribution in [3.8, 4) is 11.5 Å². The highest BCUT2D eigenvalue weighted by atomic mass is 79.9. The largest absolute Gasteiger partial charge is 0.486 e. The first-order chi connectivity index (χ1) is 10.2. The fourth-order valence-corrected chi connectivity index (χ4v) is 2.67. The summed E-state index contributed by atoms with van der Waals surface area (Å²) in [5.74, 6) is 3.23. The first-order valence-corrected chi connectivity index (χ1v) is 7.63. The second-order valence-electron chi connectivity index (χ2n) is 4.78. The number of nitrogens with zero attached hydrogens (tertiary/aromatic N) is 2. The number of hydrogen-bond donors (Lipinski definition) is 1. The summed E-state index contributed by atoms with van der Waals surface area (Å²) in [7, 11) is 0. The van der Waals surface area contributed by atoms with Crippen LogP contribution in [0.2, 0.25) is 0 Å². The lowest BCUT2D eigenvalue weighted by Gasteiger charge is -2.18. The number of aromatic nitrogens is 2. The summed E-state index contributed by atoms with van der Waals surface area (Å²) in [6, 6.07) is 7.94. The highest BCUT2D eigenvalue weighted by Crippen LogP contribution is 2.30. The fourth-order valence-electron chi connectivity index (χ4n) is 2.20. The van der Waals surface area contributed by atoms with Gasteiger partial charge in [-0.2, -0.15) is 0 Å². The Morgan fingerprint density at radius 1 is 1.14 bits per heavy atom. The van der Waals surface area contributed by atoms with Crippen LogP contribution in [0.1, 0.15) is 11.4 Å². The van der Waals surface area contributed by atoms with E-state index >= 15 is 0 Å². The molecule has 5 nitrogen and oxygen atoms in total. The molecule has 2 heterocycles. The van der Waals surface area contributed by atoms with Crippen molar-refractivity contribution < 1.29 is 9.47 Å².